The van der Waals surface area contributed by atoms with Gasteiger partial charge in [0.15, 0.2) is 16.1 Å². The molecule has 154 valence electrons. The van der Waals surface area contributed by atoms with Crippen molar-refractivity contribution in [3.63, 3.8) is 0 Å². The molecule has 0 bridgehead atoms. The first kappa shape index (κ1) is 19.7. The highest BCUT2D eigenvalue weighted by atomic mass is 32.2. The Morgan fingerprint density at radius 1 is 1.07 bits per heavy atom. The third kappa shape index (κ3) is 4.18. The van der Waals surface area contributed by atoms with Gasteiger partial charge in [0.2, 0.25) is 0 Å². The number of sulfone groups is 1. The van der Waals surface area contributed by atoms with Crippen LogP contribution in [0.1, 0.15) is 38.5 Å². The minimum atomic E-state index is -3.34. The summed E-state index contributed by atoms with van der Waals surface area (Å²) in [5, 5.41) is 2.57. The van der Waals surface area contributed by atoms with Gasteiger partial charge in [-0.3, -0.25) is 0 Å². The number of nitrogens with zero attached hydrogens (tertiary/aromatic N) is 1. The van der Waals surface area contributed by atoms with E-state index in [1.807, 2.05) is 0 Å². The molecule has 1 aromatic rings. The zero-order valence-corrected chi connectivity index (χ0v) is 16.8. The first-order valence-electron chi connectivity index (χ1n) is 10.2. The SMILES string of the molecule is O=C(Nc1cccc(S(=O)(=O)C2CCCC2)c1)N1CCC[C@H](C2OCCO2)C1. The molecule has 0 unspecified atom stereocenters. The Hall–Kier alpha value is -1.64. The standard InChI is InChI=1S/C20H28N2O5S/c23-20(22-10-4-5-15(14-22)19-26-11-12-27-19)21-16-6-3-9-18(13-16)28(24,25)17-7-1-2-8-17/h3,6,9,13,15,17,19H,1-2,4-5,7-8,10-12,14H2,(H,21,23)/t15-/m0/s1. The normalized spacial score (nSPS) is 24.6. The summed E-state index contributed by atoms with van der Waals surface area (Å²) in [7, 11) is -3.34. The summed E-state index contributed by atoms with van der Waals surface area (Å²) >= 11 is 0. The van der Waals surface area contributed by atoms with Gasteiger partial charge in [-0.25, -0.2) is 13.2 Å². The molecule has 0 aromatic heterocycles. The van der Waals surface area contributed by atoms with Crippen molar-refractivity contribution < 1.29 is 22.7 Å². The van der Waals surface area contributed by atoms with Gasteiger partial charge in [-0.1, -0.05) is 18.9 Å². The van der Waals surface area contributed by atoms with Gasteiger partial charge in [-0.05, 0) is 43.9 Å². The smallest absolute Gasteiger partial charge is 0.321 e. The number of hydrogen-bond acceptors (Lipinski definition) is 5. The number of amides is 2. The van der Waals surface area contributed by atoms with E-state index in [1.165, 1.54) is 0 Å². The molecule has 4 rings (SSSR count). The molecule has 0 radical (unpaired) electrons. The number of nitrogens with one attached hydrogen (secondary N) is 1. The maximum atomic E-state index is 12.8. The predicted octanol–water partition coefficient (Wildman–Crippen LogP) is 3.02. The molecule has 2 saturated heterocycles. The molecule has 8 heteroatoms. The zero-order valence-electron chi connectivity index (χ0n) is 16.0. The third-order valence-electron chi connectivity index (χ3n) is 5.93. The number of carbonyl (C=O) groups excluding carboxylic acids is 1. The third-order valence-corrected chi connectivity index (χ3v) is 8.19. The molecular weight excluding hydrogens is 380 g/mol. The van der Waals surface area contributed by atoms with Crippen molar-refractivity contribution >= 4 is 21.6 Å². The minimum absolute atomic E-state index is 0.177. The highest BCUT2D eigenvalue weighted by Crippen LogP contribution is 2.31. The van der Waals surface area contributed by atoms with Crippen LogP contribution in [-0.2, 0) is 19.3 Å². The van der Waals surface area contributed by atoms with E-state index < -0.39 is 9.84 Å². The average molecular weight is 409 g/mol. The predicted molar refractivity (Wildman–Crippen MR) is 105 cm³/mol. The fraction of sp³-hybridized carbons (Fsp3) is 0.650. The number of anilines is 1. The second-order valence-corrected chi connectivity index (χ2v) is 10.1. The summed E-state index contributed by atoms with van der Waals surface area (Å²) < 4.78 is 36.8. The fourth-order valence-electron chi connectivity index (χ4n) is 4.41. The molecule has 1 aromatic carbocycles. The second-order valence-electron chi connectivity index (χ2n) is 7.87. The maximum absolute atomic E-state index is 12.8. The summed E-state index contributed by atoms with van der Waals surface area (Å²) in [6, 6.07) is 6.41. The first-order chi connectivity index (χ1) is 13.5. The van der Waals surface area contributed by atoms with E-state index in [2.05, 4.69) is 5.32 Å². The van der Waals surface area contributed by atoms with Gasteiger partial charge < -0.3 is 19.7 Å². The maximum Gasteiger partial charge on any atom is 0.321 e. The molecule has 28 heavy (non-hydrogen) atoms. The van der Waals surface area contributed by atoms with Gasteiger partial charge >= 0.3 is 6.03 Å². The number of likely N-dealkylation sites (tertiary alicyclic amines) is 1. The lowest BCUT2D eigenvalue weighted by Gasteiger charge is -2.34. The molecule has 2 heterocycles. The van der Waals surface area contributed by atoms with E-state index >= 15 is 0 Å². The van der Waals surface area contributed by atoms with Crippen LogP contribution in [0.3, 0.4) is 0 Å². The van der Waals surface area contributed by atoms with E-state index in [9.17, 15) is 13.2 Å². The van der Waals surface area contributed by atoms with Crippen molar-refractivity contribution in [2.24, 2.45) is 5.92 Å². The van der Waals surface area contributed by atoms with Crippen LogP contribution < -0.4 is 5.32 Å². The lowest BCUT2D eigenvalue weighted by atomic mass is 9.98. The van der Waals surface area contributed by atoms with Gasteiger partial charge in [0, 0.05) is 24.7 Å². The van der Waals surface area contributed by atoms with E-state index in [4.69, 9.17) is 9.47 Å². The summed E-state index contributed by atoms with van der Waals surface area (Å²) in [4.78, 5) is 14.8. The van der Waals surface area contributed by atoms with E-state index in [-0.39, 0.29) is 23.5 Å². The number of urea groups is 1. The Kier molecular flexibility index (Phi) is 5.89. The number of ether oxygens (including phenoxy) is 2. The van der Waals surface area contributed by atoms with Gasteiger partial charge in [0.05, 0.1) is 23.4 Å². The average Bonchev–Trinajstić information content (AvgIpc) is 3.42. The van der Waals surface area contributed by atoms with E-state index in [1.54, 1.807) is 29.2 Å². The lowest BCUT2D eigenvalue weighted by Crippen LogP contribution is -2.45. The van der Waals surface area contributed by atoms with Gasteiger partial charge in [-0.15, -0.1) is 0 Å². The van der Waals surface area contributed by atoms with Crippen LogP contribution in [0.4, 0.5) is 10.5 Å². The number of hydrogen-bond donors (Lipinski definition) is 1. The first-order valence-corrected chi connectivity index (χ1v) is 11.7. The van der Waals surface area contributed by atoms with E-state index in [0.29, 0.717) is 36.9 Å². The summed E-state index contributed by atoms with van der Waals surface area (Å²) in [5.41, 5.74) is 0.513. The number of piperidine rings is 1. The van der Waals surface area contributed by atoms with Crippen LogP contribution in [-0.4, -0.2) is 57.2 Å². The number of carbonyl (C=O) groups is 1. The fourth-order valence-corrected chi connectivity index (χ4v) is 6.31. The Morgan fingerprint density at radius 2 is 1.82 bits per heavy atom. The topological polar surface area (TPSA) is 84.9 Å². The number of benzene rings is 1. The van der Waals surface area contributed by atoms with Gasteiger partial charge in [0.1, 0.15) is 0 Å². The van der Waals surface area contributed by atoms with Crippen molar-refractivity contribution in [2.45, 2.75) is 55.0 Å². The molecule has 3 fully saturated rings. The van der Waals surface area contributed by atoms with Crippen LogP contribution in [0.25, 0.3) is 0 Å². The van der Waals surface area contributed by atoms with Crippen LogP contribution in [0.2, 0.25) is 0 Å². The van der Waals surface area contributed by atoms with Gasteiger partial charge in [0.25, 0.3) is 0 Å². The quantitative estimate of drug-likeness (QED) is 0.828. The molecule has 1 atom stereocenters. The summed E-state index contributed by atoms with van der Waals surface area (Å²) in [6.45, 7) is 2.47. The van der Waals surface area contributed by atoms with Crippen molar-refractivity contribution in [2.75, 3.05) is 31.6 Å². The zero-order chi connectivity index (χ0) is 19.6. The number of rotatable bonds is 4. The van der Waals surface area contributed by atoms with Crippen LogP contribution >= 0.6 is 0 Å². The monoisotopic (exact) mass is 408 g/mol. The van der Waals surface area contributed by atoms with Crippen molar-refractivity contribution in [1.82, 2.24) is 4.90 Å². The molecule has 1 N–H and O–H groups in total. The molecule has 3 aliphatic rings. The lowest BCUT2D eigenvalue weighted by molar-refractivity contribution is -0.0959. The van der Waals surface area contributed by atoms with Gasteiger partial charge in [-0.2, -0.15) is 0 Å². The molecular formula is C20H28N2O5S. The molecule has 2 amide bonds. The summed E-state index contributed by atoms with van der Waals surface area (Å²) in [6.07, 6.45) is 5.02. The highest BCUT2D eigenvalue weighted by Gasteiger charge is 2.33. The largest absolute Gasteiger partial charge is 0.350 e. The van der Waals surface area contributed by atoms with Crippen LogP contribution in [0.5, 0.6) is 0 Å². The van der Waals surface area contributed by atoms with Crippen LogP contribution in [0.15, 0.2) is 29.2 Å². The van der Waals surface area contributed by atoms with E-state index in [0.717, 1.165) is 38.5 Å². The summed E-state index contributed by atoms with van der Waals surface area (Å²) in [5.74, 6) is 0.177. The molecule has 7 nitrogen and oxygen atoms in total. The van der Waals surface area contributed by atoms with Crippen molar-refractivity contribution in [3.05, 3.63) is 24.3 Å². The Morgan fingerprint density at radius 3 is 2.57 bits per heavy atom. The van der Waals surface area contributed by atoms with Crippen LogP contribution in [0, 0.1) is 5.92 Å². The molecule has 1 aliphatic carbocycles. The Balaban J connectivity index is 1.41. The minimum Gasteiger partial charge on any atom is -0.350 e. The molecule has 0 spiro atoms. The molecule has 1 saturated carbocycles. The van der Waals surface area contributed by atoms with Crippen molar-refractivity contribution in [3.8, 4) is 0 Å². The Bertz CT molecular complexity index is 801. The molecule has 2 aliphatic heterocycles. The van der Waals surface area contributed by atoms with Crippen molar-refractivity contribution in [1.29, 1.82) is 0 Å². The second kappa shape index (κ2) is 8.39. The Labute approximate surface area is 166 Å². The highest BCUT2D eigenvalue weighted by molar-refractivity contribution is 7.92.